The van der Waals surface area contributed by atoms with Crippen molar-refractivity contribution in [3.63, 3.8) is 0 Å². The third kappa shape index (κ3) is 2.84. The van der Waals surface area contributed by atoms with Crippen LogP contribution in [0.4, 0.5) is 0 Å². The Hall–Kier alpha value is -2.78. The van der Waals surface area contributed by atoms with E-state index in [2.05, 4.69) is 29.0 Å². The summed E-state index contributed by atoms with van der Waals surface area (Å²) in [5, 5.41) is 11.5. The van der Waals surface area contributed by atoms with Gasteiger partial charge in [-0.3, -0.25) is 13.8 Å². The molecule has 7 nitrogen and oxygen atoms in total. The second kappa shape index (κ2) is 7.17. The summed E-state index contributed by atoms with van der Waals surface area (Å²) in [6.07, 6.45) is 0. The number of nitrogens with zero attached hydrogens (tertiary/aromatic N) is 6. The van der Waals surface area contributed by atoms with Crippen molar-refractivity contribution in [3.8, 4) is 0 Å². The van der Waals surface area contributed by atoms with E-state index in [1.807, 2.05) is 42.5 Å². The number of aryl methyl sites for hydroxylation is 4. The molecule has 0 N–H and O–H groups in total. The van der Waals surface area contributed by atoms with Gasteiger partial charge in [-0.25, -0.2) is 9.97 Å². The molecule has 0 amide bonds. The summed E-state index contributed by atoms with van der Waals surface area (Å²) in [5.74, 6) is 2.72. The molecular weight excluding hydrogens is 416 g/mol. The van der Waals surface area contributed by atoms with Crippen LogP contribution in [0, 0.1) is 20.8 Å². The van der Waals surface area contributed by atoms with Crippen LogP contribution < -0.4 is 5.56 Å². The Labute approximate surface area is 180 Å². The van der Waals surface area contributed by atoms with Gasteiger partial charge in [0.1, 0.15) is 21.5 Å². The van der Waals surface area contributed by atoms with Gasteiger partial charge in [-0.2, -0.15) is 0 Å². The van der Waals surface area contributed by atoms with Gasteiger partial charge in [0.2, 0.25) is 5.78 Å². The second-order valence-electron chi connectivity index (χ2n) is 7.15. The first kappa shape index (κ1) is 19.2. The Morgan fingerprint density at radius 2 is 1.90 bits per heavy atom. The standard InChI is InChI=1S/C21H20N6OS2/c1-5-26-20(28)14-8-6-7-9-15(14)27-16(24-25-21(26)27)10-29-18-17-11(2)12(3)30-19(17)23-13(4)22-18/h6-9H,5,10H2,1-4H3. The lowest BCUT2D eigenvalue weighted by Crippen LogP contribution is -2.22. The van der Waals surface area contributed by atoms with Crippen molar-refractivity contribution in [3.05, 3.63) is 56.7 Å². The molecule has 0 aliphatic rings. The first-order valence-electron chi connectivity index (χ1n) is 9.72. The van der Waals surface area contributed by atoms with Gasteiger partial charge in [-0.15, -0.1) is 21.5 Å². The van der Waals surface area contributed by atoms with E-state index in [1.54, 1.807) is 27.7 Å². The molecule has 0 spiro atoms. The number of hydrogen-bond acceptors (Lipinski definition) is 7. The number of thiophene rings is 1. The van der Waals surface area contributed by atoms with Crippen LogP contribution in [0.25, 0.3) is 26.9 Å². The highest BCUT2D eigenvalue weighted by Gasteiger charge is 2.18. The predicted molar refractivity (Wildman–Crippen MR) is 122 cm³/mol. The molecule has 0 saturated carbocycles. The van der Waals surface area contributed by atoms with Gasteiger partial charge < -0.3 is 0 Å². The van der Waals surface area contributed by atoms with Crippen molar-refractivity contribution in [1.29, 1.82) is 0 Å². The molecule has 5 aromatic rings. The lowest BCUT2D eigenvalue weighted by Gasteiger charge is -2.10. The number of rotatable bonds is 4. The molecule has 152 valence electrons. The van der Waals surface area contributed by atoms with Gasteiger partial charge in [0.25, 0.3) is 5.56 Å². The average molecular weight is 437 g/mol. The Bertz CT molecular complexity index is 1500. The van der Waals surface area contributed by atoms with Crippen molar-refractivity contribution < 1.29 is 0 Å². The third-order valence-corrected chi connectivity index (χ3v) is 7.41. The molecule has 0 aliphatic heterocycles. The van der Waals surface area contributed by atoms with Gasteiger partial charge in [0, 0.05) is 16.8 Å². The van der Waals surface area contributed by atoms with Crippen LogP contribution in [0.2, 0.25) is 0 Å². The van der Waals surface area contributed by atoms with E-state index in [0.717, 1.165) is 32.4 Å². The molecule has 0 bridgehead atoms. The summed E-state index contributed by atoms with van der Waals surface area (Å²) >= 11 is 3.34. The molecule has 1 aromatic carbocycles. The summed E-state index contributed by atoms with van der Waals surface area (Å²) in [6, 6.07) is 7.62. The normalized spacial score (nSPS) is 11.9. The minimum absolute atomic E-state index is 0.0373. The van der Waals surface area contributed by atoms with Crippen molar-refractivity contribution in [2.45, 2.75) is 45.0 Å². The van der Waals surface area contributed by atoms with Gasteiger partial charge >= 0.3 is 0 Å². The van der Waals surface area contributed by atoms with Crippen molar-refractivity contribution in [2.24, 2.45) is 0 Å². The fourth-order valence-electron chi connectivity index (χ4n) is 3.74. The van der Waals surface area contributed by atoms with Gasteiger partial charge in [-0.1, -0.05) is 23.9 Å². The summed E-state index contributed by atoms with van der Waals surface area (Å²) in [4.78, 5) is 24.5. The summed E-state index contributed by atoms with van der Waals surface area (Å²) in [7, 11) is 0. The smallest absolute Gasteiger partial charge is 0.262 e. The minimum Gasteiger partial charge on any atom is -0.277 e. The minimum atomic E-state index is -0.0373. The summed E-state index contributed by atoms with van der Waals surface area (Å²) in [6.45, 7) is 8.65. The molecular formula is C21H20N6OS2. The zero-order valence-corrected chi connectivity index (χ0v) is 18.8. The van der Waals surface area contributed by atoms with E-state index < -0.39 is 0 Å². The first-order valence-corrected chi connectivity index (χ1v) is 11.5. The van der Waals surface area contributed by atoms with E-state index in [4.69, 9.17) is 4.98 Å². The second-order valence-corrected chi connectivity index (χ2v) is 9.31. The molecule has 0 unspecified atom stereocenters. The first-order chi connectivity index (χ1) is 14.5. The lowest BCUT2D eigenvalue weighted by atomic mass is 10.2. The number of hydrogen-bond donors (Lipinski definition) is 0. The van der Waals surface area contributed by atoms with Crippen molar-refractivity contribution in [1.82, 2.24) is 29.1 Å². The Morgan fingerprint density at radius 1 is 1.10 bits per heavy atom. The van der Waals surface area contributed by atoms with E-state index >= 15 is 0 Å². The fraction of sp³-hybridized carbons (Fsp3) is 0.286. The summed E-state index contributed by atoms with van der Waals surface area (Å²) in [5.41, 5.74) is 2.02. The van der Waals surface area contributed by atoms with Crippen LogP contribution in [0.5, 0.6) is 0 Å². The predicted octanol–water partition coefficient (Wildman–Crippen LogP) is 4.29. The van der Waals surface area contributed by atoms with Crippen LogP contribution in [0.3, 0.4) is 0 Å². The number of thioether (sulfide) groups is 1. The van der Waals surface area contributed by atoms with Crippen LogP contribution in [0.15, 0.2) is 34.1 Å². The highest BCUT2D eigenvalue weighted by atomic mass is 32.2. The molecule has 5 rings (SSSR count). The molecule has 9 heteroatoms. The number of fused-ring (bicyclic) bond motifs is 4. The summed E-state index contributed by atoms with van der Waals surface area (Å²) < 4.78 is 3.66. The van der Waals surface area contributed by atoms with Crippen LogP contribution in [0.1, 0.15) is 29.0 Å². The van der Waals surface area contributed by atoms with Crippen molar-refractivity contribution >= 4 is 50.0 Å². The van der Waals surface area contributed by atoms with Crippen LogP contribution in [-0.4, -0.2) is 29.1 Å². The highest BCUT2D eigenvalue weighted by molar-refractivity contribution is 7.98. The van der Waals surface area contributed by atoms with E-state index in [9.17, 15) is 4.79 Å². The van der Waals surface area contributed by atoms with Crippen LogP contribution >= 0.6 is 23.1 Å². The number of para-hydroxylation sites is 1. The number of benzene rings is 1. The zero-order valence-electron chi connectivity index (χ0n) is 17.1. The van der Waals surface area contributed by atoms with E-state index in [1.165, 1.54) is 10.4 Å². The quantitative estimate of drug-likeness (QED) is 0.309. The average Bonchev–Trinajstić information content (AvgIpc) is 3.27. The number of aromatic nitrogens is 6. The Balaban J connectivity index is 1.65. The van der Waals surface area contributed by atoms with Gasteiger partial charge in [-0.05, 0) is 45.4 Å². The monoisotopic (exact) mass is 436 g/mol. The third-order valence-electron chi connectivity index (χ3n) is 5.34. The fourth-order valence-corrected chi connectivity index (χ4v) is 5.93. The molecule has 0 saturated heterocycles. The SMILES string of the molecule is CCn1c(=O)c2ccccc2n2c(CSc3nc(C)nc4sc(C)c(C)c34)nnc12. The molecule has 0 fully saturated rings. The molecule has 0 aliphatic carbocycles. The Kier molecular flexibility index (Phi) is 4.59. The highest BCUT2D eigenvalue weighted by Crippen LogP contribution is 2.36. The molecule has 0 atom stereocenters. The maximum Gasteiger partial charge on any atom is 0.262 e. The van der Waals surface area contributed by atoms with Crippen LogP contribution in [-0.2, 0) is 12.3 Å². The molecule has 4 heterocycles. The molecule has 30 heavy (non-hydrogen) atoms. The van der Waals surface area contributed by atoms with E-state index in [0.29, 0.717) is 23.5 Å². The Morgan fingerprint density at radius 3 is 2.70 bits per heavy atom. The maximum atomic E-state index is 12.8. The zero-order chi connectivity index (χ0) is 21.0. The lowest BCUT2D eigenvalue weighted by molar-refractivity contribution is 0.735. The van der Waals surface area contributed by atoms with Gasteiger partial charge in [0.15, 0.2) is 0 Å². The molecule has 0 radical (unpaired) electrons. The molecule has 4 aromatic heterocycles. The maximum absolute atomic E-state index is 12.8. The largest absolute Gasteiger partial charge is 0.277 e. The topological polar surface area (TPSA) is 78.0 Å². The van der Waals surface area contributed by atoms with E-state index in [-0.39, 0.29) is 5.56 Å². The van der Waals surface area contributed by atoms with Crippen molar-refractivity contribution in [2.75, 3.05) is 0 Å². The van der Waals surface area contributed by atoms with Gasteiger partial charge in [0.05, 0.1) is 16.7 Å².